The maximum Gasteiger partial charge on any atom is 0.188 e. The molecule has 322 valence electrons. The molecule has 0 aliphatic carbocycles. The Morgan fingerprint density at radius 3 is 1.22 bits per heavy atom. The second-order valence-electron chi connectivity index (χ2n) is 17.3. The van der Waals surface area contributed by atoms with Gasteiger partial charge in [-0.05, 0) is 131 Å². The van der Waals surface area contributed by atoms with Crippen molar-refractivity contribution in [2.45, 2.75) is 6.29 Å². The molecular formula is C62H44N6. The van der Waals surface area contributed by atoms with Crippen LogP contribution in [0.1, 0.15) is 6.29 Å². The van der Waals surface area contributed by atoms with Gasteiger partial charge in [0.15, 0.2) is 6.29 Å². The Kier molecular flexibility index (Phi) is 9.46. The summed E-state index contributed by atoms with van der Waals surface area (Å²) in [6.45, 7) is 0. The highest BCUT2D eigenvalue weighted by Crippen LogP contribution is 2.45. The van der Waals surface area contributed by atoms with Crippen LogP contribution in [0.25, 0.3) is 66.5 Å². The third kappa shape index (κ3) is 6.69. The summed E-state index contributed by atoms with van der Waals surface area (Å²) in [6, 6.07) is 91.1. The number of hydrogen-bond acceptors (Lipinski definition) is 4. The molecule has 10 aromatic carbocycles. The summed E-state index contributed by atoms with van der Waals surface area (Å²) in [7, 11) is 0. The minimum atomic E-state index is -0.321. The van der Waals surface area contributed by atoms with E-state index in [4.69, 9.17) is 4.98 Å². The van der Waals surface area contributed by atoms with Gasteiger partial charge in [0.05, 0.1) is 22.1 Å². The quantitative estimate of drug-likeness (QED) is 0.157. The number of anilines is 7. The Bertz CT molecular complexity index is 3490. The highest BCUT2D eigenvalue weighted by atomic mass is 15.4. The first-order valence-electron chi connectivity index (χ1n) is 23.2. The van der Waals surface area contributed by atoms with Gasteiger partial charge in [-0.3, -0.25) is 4.57 Å². The average Bonchev–Trinajstić information content (AvgIpc) is 3.96. The smallest absolute Gasteiger partial charge is 0.188 e. The van der Waals surface area contributed by atoms with Gasteiger partial charge in [-0.15, -0.1) is 0 Å². The number of nitrogens with zero attached hydrogens (tertiary/aromatic N) is 5. The van der Waals surface area contributed by atoms with E-state index < -0.39 is 0 Å². The van der Waals surface area contributed by atoms with Gasteiger partial charge in [-0.25, -0.2) is 4.98 Å². The zero-order valence-corrected chi connectivity index (χ0v) is 37.1. The molecule has 6 nitrogen and oxygen atoms in total. The number of fused-ring (bicyclic) bond motifs is 8. The standard InChI is InChI=1S/C62H44N6/c1-5-17-47(18-6-1)65(48-19-7-2-8-20-48)51-35-29-43(30-36-51)45-33-39-53-54-40-34-46(44-31-37-52(38-32-44)66(49-21-9-3-10-22-49)50-23-11-4-12-24-50)42-60(54)67(59(53)41-45)62-64-56-26-14-13-25-55(56)61-63-57-27-15-16-28-58(57)68(61)62/h1-42,62,64H. The molecule has 0 saturated heterocycles. The largest absolute Gasteiger partial charge is 0.347 e. The molecule has 0 radical (unpaired) electrons. The van der Waals surface area contributed by atoms with E-state index in [0.717, 1.165) is 95.5 Å². The summed E-state index contributed by atoms with van der Waals surface area (Å²) < 4.78 is 4.87. The van der Waals surface area contributed by atoms with Gasteiger partial charge >= 0.3 is 0 Å². The molecule has 13 rings (SSSR count). The van der Waals surface area contributed by atoms with Crippen molar-refractivity contribution in [3.8, 4) is 33.6 Å². The van der Waals surface area contributed by atoms with Crippen molar-refractivity contribution in [3.05, 3.63) is 255 Å². The zero-order valence-electron chi connectivity index (χ0n) is 37.1. The first kappa shape index (κ1) is 39.3. The Balaban J connectivity index is 0.966. The normalized spacial score (nSPS) is 13.0. The van der Waals surface area contributed by atoms with Gasteiger partial charge < -0.3 is 19.7 Å². The molecule has 0 saturated carbocycles. The van der Waals surface area contributed by atoms with E-state index in [9.17, 15) is 0 Å². The molecule has 1 unspecified atom stereocenters. The lowest BCUT2D eigenvalue weighted by atomic mass is 10.0. The van der Waals surface area contributed by atoms with Crippen molar-refractivity contribution in [1.29, 1.82) is 0 Å². The number of aromatic nitrogens is 3. The summed E-state index contributed by atoms with van der Waals surface area (Å²) in [5, 5.41) is 6.39. The molecular weight excluding hydrogens is 829 g/mol. The van der Waals surface area contributed by atoms with Crippen molar-refractivity contribution in [2.24, 2.45) is 0 Å². The van der Waals surface area contributed by atoms with Crippen LogP contribution in [0.4, 0.5) is 39.8 Å². The first-order valence-corrected chi connectivity index (χ1v) is 23.2. The van der Waals surface area contributed by atoms with Crippen molar-refractivity contribution in [2.75, 3.05) is 15.1 Å². The van der Waals surface area contributed by atoms with Crippen LogP contribution in [0.15, 0.2) is 255 Å². The Morgan fingerprint density at radius 1 is 0.338 bits per heavy atom. The van der Waals surface area contributed by atoms with Crippen LogP contribution in [0, 0.1) is 0 Å². The van der Waals surface area contributed by atoms with Gasteiger partial charge in [-0.2, -0.15) is 0 Å². The van der Waals surface area contributed by atoms with Crippen LogP contribution >= 0.6 is 0 Å². The van der Waals surface area contributed by atoms with Crippen molar-refractivity contribution < 1.29 is 0 Å². The topological polar surface area (TPSA) is 41.3 Å². The summed E-state index contributed by atoms with van der Waals surface area (Å²) in [4.78, 5) is 9.89. The maximum atomic E-state index is 5.28. The highest BCUT2D eigenvalue weighted by Gasteiger charge is 2.31. The number of rotatable bonds is 9. The summed E-state index contributed by atoms with van der Waals surface area (Å²) in [5.41, 5.74) is 17.7. The Morgan fingerprint density at radius 2 is 0.735 bits per heavy atom. The molecule has 2 aromatic heterocycles. The minimum Gasteiger partial charge on any atom is -0.347 e. The monoisotopic (exact) mass is 872 g/mol. The van der Waals surface area contributed by atoms with Gasteiger partial charge in [-0.1, -0.05) is 146 Å². The maximum absolute atomic E-state index is 5.28. The van der Waals surface area contributed by atoms with Crippen molar-refractivity contribution >= 4 is 72.7 Å². The molecule has 68 heavy (non-hydrogen) atoms. The van der Waals surface area contributed by atoms with Gasteiger partial charge in [0.1, 0.15) is 5.82 Å². The van der Waals surface area contributed by atoms with Crippen LogP contribution < -0.4 is 15.1 Å². The van der Waals surface area contributed by atoms with E-state index in [-0.39, 0.29) is 6.29 Å². The second-order valence-corrected chi connectivity index (χ2v) is 17.3. The van der Waals surface area contributed by atoms with E-state index in [2.05, 4.69) is 279 Å². The van der Waals surface area contributed by atoms with Crippen LogP contribution in [0.5, 0.6) is 0 Å². The molecule has 3 heterocycles. The number of benzene rings is 10. The highest BCUT2D eigenvalue weighted by molar-refractivity contribution is 6.10. The first-order chi connectivity index (χ1) is 33.7. The third-order valence-electron chi connectivity index (χ3n) is 13.3. The van der Waals surface area contributed by atoms with Crippen molar-refractivity contribution in [3.63, 3.8) is 0 Å². The number of hydrogen-bond donors (Lipinski definition) is 1. The Hall–Kier alpha value is -9.13. The Labute approximate surface area is 394 Å². The molecule has 0 spiro atoms. The molecule has 6 heteroatoms. The molecule has 1 N–H and O–H groups in total. The van der Waals surface area contributed by atoms with E-state index in [1.54, 1.807) is 0 Å². The van der Waals surface area contributed by atoms with Gasteiger partial charge in [0.2, 0.25) is 0 Å². The van der Waals surface area contributed by atoms with Crippen LogP contribution in [0.2, 0.25) is 0 Å². The van der Waals surface area contributed by atoms with Gasteiger partial charge in [0, 0.05) is 56.1 Å². The summed E-state index contributed by atoms with van der Waals surface area (Å²) >= 11 is 0. The zero-order chi connectivity index (χ0) is 45.0. The lowest BCUT2D eigenvalue weighted by Gasteiger charge is -2.32. The fourth-order valence-electron chi connectivity index (χ4n) is 10.1. The summed E-state index contributed by atoms with van der Waals surface area (Å²) in [5.74, 6) is 0.946. The fraction of sp³-hybridized carbons (Fsp3) is 0.0161. The number of nitrogens with one attached hydrogen (secondary N) is 1. The molecule has 1 aliphatic rings. The SMILES string of the molecule is c1ccc(N(c2ccccc2)c2ccc(-c3ccc4c5ccc(-c6ccc(N(c7ccccc7)c7ccccc7)cc6)cc5n(C5Nc6ccccc6-c6nc7ccccc7n65)c4c3)cc2)cc1. The lowest BCUT2D eigenvalue weighted by molar-refractivity contribution is 0.520. The molecule has 1 aliphatic heterocycles. The van der Waals surface area contributed by atoms with Crippen LogP contribution in [-0.2, 0) is 0 Å². The average molecular weight is 873 g/mol. The van der Waals surface area contributed by atoms with E-state index in [0.29, 0.717) is 0 Å². The van der Waals surface area contributed by atoms with E-state index >= 15 is 0 Å². The molecule has 0 fully saturated rings. The van der Waals surface area contributed by atoms with Crippen LogP contribution in [0.3, 0.4) is 0 Å². The molecule has 0 amide bonds. The third-order valence-corrected chi connectivity index (χ3v) is 13.3. The van der Waals surface area contributed by atoms with E-state index in [1.165, 1.54) is 10.8 Å². The number of para-hydroxylation sites is 7. The molecule has 12 aromatic rings. The second kappa shape index (κ2) is 16.4. The lowest BCUT2D eigenvalue weighted by Crippen LogP contribution is -2.29. The van der Waals surface area contributed by atoms with E-state index in [1.807, 2.05) is 0 Å². The number of imidazole rings is 1. The predicted octanol–water partition coefficient (Wildman–Crippen LogP) is 16.5. The fourth-order valence-corrected chi connectivity index (χ4v) is 10.1. The van der Waals surface area contributed by atoms with Crippen LogP contribution in [-0.4, -0.2) is 14.1 Å². The predicted molar refractivity (Wildman–Crippen MR) is 283 cm³/mol. The minimum absolute atomic E-state index is 0.321. The summed E-state index contributed by atoms with van der Waals surface area (Å²) in [6.07, 6.45) is -0.321. The van der Waals surface area contributed by atoms with Crippen molar-refractivity contribution in [1.82, 2.24) is 14.1 Å². The molecule has 1 atom stereocenters. The molecule has 0 bridgehead atoms. The van der Waals surface area contributed by atoms with Gasteiger partial charge in [0.25, 0.3) is 0 Å².